The van der Waals surface area contributed by atoms with E-state index in [2.05, 4.69) is 20.8 Å². The van der Waals surface area contributed by atoms with Gasteiger partial charge in [-0.3, -0.25) is 14.7 Å². The number of ether oxygens (including phenoxy) is 1. The summed E-state index contributed by atoms with van der Waals surface area (Å²) in [6, 6.07) is 8.23. The molecule has 0 spiro atoms. The van der Waals surface area contributed by atoms with Gasteiger partial charge in [0.15, 0.2) is 0 Å². The summed E-state index contributed by atoms with van der Waals surface area (Å²) in [7, 11) is 0. The van der Waals surface area contributed by atoms with Crippen molar-refractivity contribution < 1.29 is 14.3 Å². The van der Waals surface area contributed by atoms with Crippen molar-refractivity contribution in [2.75, 3.05) is 11.9 Å². The summed E-state index contributed by atoms with van der Waals surface area (Å²) in [5.74, 6) is 0.885. The van der Waals surface area contributed by atoms with Crippen LogP contribution in [0.4, 0.5) is 5.82 Å². The first-order valence-corrected chi connectivity index (χ1v) is 9.30. The molecule has 1 heterocycles. The van der Waals surface area contributed by atoms with Crippen LogP contribution in [0, 0.1) is 5.92 Å². The monoisotopic (exact) mass is 392 g/mol. The highest BCUT2D eigenvalue weighted by molar-refractivity contribution is 6.32. The highest BCUT2D eigenvalue weighted by Gasteiger charge is 2.22. The minimum absolute atomic E-state index is 0.192. The Labute approximate surface area is 163 Å². The van der Waals surface area contributed by atoms with Crippen LogP contribution in [-0.2, 0) is 9.59 Å². The molecule has 0 bridgehead atoms. The van der Waals surface area contributed by atoms with Crippen LogP contribution in [0.5, 0.6) is 5.75 Å². The van der Waals surface area contributed by atoms with Gasteiger partial charge in [0.25, 0.3) is 0 Å². The van der Waals surface area contributed by atoms with Crippen LogP contribution < -0.4 is 15.4 Å². The third-order valence-corrected chi connectivity index (χ3v) is 4.07. The molecule has 0 radical (unpaired) electrons. The molecule has 2 aromatic rings. The van der Waals surface area contributed by atoms with E-state index in [1.807, 2.05) is 26.0 Å². The van der Waals surface area contributed by atoms with Crippen LogP contribution in [-0.4, -0.2) is 34.7 Å². The molecular formula is C19H25ClN4O3. The van der Waals surface area contributed by atoms with Gasteiger partial charge in [0, 0.05) is 12.5 Å². The van der Waals surface area contributed by atoms with Crippen LogP contribution in [0.1, 0.15) is 33.1 Å². The normalized spacial score (nSPS) is 11.9. The molecule has 0 saturated carbocycles. The first-order valence-electron chi connectivity index (χ1n) is 8.92. The molecule has 1 aromatic heterocycles. The number of amides is 2. The molecule has 8 heteroatoms. The van der Waals surface area contributed by atoms with Crippen LogP contribution in [0.2, 0.25) is 5.02 Å². The van der Waals surface area contributed by atoms with Crippen molar-refractivity contribution in [2.45, 2.75) is 39.2 Å². The summed E-state index contributed by atoms with van der Waals surface area (Å²) in [6.45, 7) is 4.37. The summed E-state index contributed by atoms with van der Waals surface area (Å²) in [5, 5.41) is 12.5. The molecule has 0 aliphatic rings. The summed E-state index contributed by atoms with van der Waals surface area (Å²) in [5.41, 5.74) is 0. The van der Waals surface area contributed by atoms with Crippen molar-refractivity contribution in [1.29, 1.82) is 0 Å². The summed E-state index contributed by atoms with van der Waals surface area (Å²) in [4.78, 5) is 24.6. The van der Waals surface area contributed by atoms with Crippen molar-refractivity contribution in [2.24, 2.45) is 5.92 Å². The lowest BCUT2D eigenvalue weighted by molar-refractivity contribution is -0.127. The van der Waals surface area contributed by atoms with Crippen molar-refractivity contribution in [3.8, 4) is 5.75 Å². The van der Waals surface area contributed by atoms with Crippen LogP contribution in [0.25, 0.3) is 0 Å². The molecule has 1 atom stereocenters. The number of aromatic amines is 1. The van der Waals surface area contributed by atoms with Gasteiger partial charge in [0.2, 0.25) is 11.8 Å². The maximum atomic E-state index is 12.4. The molecule has 2 amide bonds. The fourth-order valence-corrected chi connectivity index (χ4v) is 2.68. The van der Waals surface area contributed by atoms with E-state index < -0.39 is 6.04 Å². The van der Waals surface area contributed by atoms with Gasteiger partial charge in [0.05, 0.1) is 17.8 Å². The molecule has 7 nitrogen and oxygen atoms in total. The highest BCUT2D eigenvalue weighted by Crippen LogP contribution is 2.23. The second-order valence-corrected chi connectivity index (χ2v) is 7.00. The number of benzene rings is 1. The van der Waals surface area contributed by atoms with Gasteiger partial charge in [-0.25, -0.2) is 0 Å². The second-order valence-electron chi connectivity index (χ2n) is 6.59. The summed E-state index contributed by atoms with van der Waals surface area (Å²) < 4.78 is 5.57. The number of H-pyrrole nitrogens is 1. The van der Waals surface area contributed by atoms with Crippen LogP contribution in [0.3, 0.4) is 0 Å². The number of carbonyl (C=O) groups excluding carboxylic acids is 2. The molecule has 146 valence electrons. The molecule has 27 heavy (non-hydrogen) atoms. The third kappa shape index (κ3) is 7.30. The van der Waals surface area contributed by atoms with Gasteiger partial charge in [-0.15, -0.1) is 0 Å². The van der Waals surface area contributed by atoms with E-state index in [9.17, 15) is 9.59 Å². The Morgan fingerprint density at radius 3 is 2.70 bits per heavy atom. The number of carbonyl (C=O) groups is 2. The van der Waals surface area contributed by atoms with E-state index in [0.29, 0.717) is 36.0 Å². The number of hydrogen-bond acceptors (Lipinski definition) is 4. The Balaban J connectivity index is 1.78. The number of anilines is 1. The summed E-state index contributed by atoms with van der Waals surface area (Å²) in [6.07, 6.45) is 2.87. The lowest BCUT2D eigenvalue weighted by Gasteiger charge is -2.19. The number of hydrogen-bond donors (Lipinski definition) is 3. The van der Waals surface area contributed by atoms with E-state index >= 15 is 0 Å². The van der Waals surface area contributed by atoms with Crippen molar-refractivity contribution in [1.82, 2.24) is 15.5 Å². The van der Waals surface area contributed by atoms with E-state index in [-0.39, 0.29) is 24.2 Å². The van der Waals surface area contributed by atoms with Crippen molar-refractivity contribution >= 4 is 29.2 Å². The molecule has 2 rings (SSSR count). The predicted molar refractivity (Wildman–Crippen MR) is 105 cm³/mol. The van der Waals surface area contributed by atoms with Gasteiger partial charge in [-0.2, -0.15) is 5.10 Å². The predicted octanol–water partition coefficient (Wildman–Crippen LogP) is 3.39. The zero-order valence-electron chi connectivity index (χ0n) is 15.5. The number of halogens is 1. The molecule has 0 aliphatic heterocycles. The molecule has 0 fully saturated rings. The fraction of sp³-hybridized carbons (Fsp3) is 0.421. The topological polar surface area (TPSA) is 96.1 Å². The lowest BCUT2D eigenvalue weighted by atomic mass is 10.0. The van der Waals surface area contributed by atoms with Gasteiger partial charge in [-0.05, 0) is 30.9 Å². The lowest BCUT2D eigenvalue weighted by Crippen LogP contribution is -2.44. The maximum absolute atomic E-state index is 12.4. The minimum atomic E-state index is -0.606. The van der Waals surface area contributed by atoms with Crippen LogP contribution in [0.15, 0.2) is 36.5 Å². The average molecular weight is 393 g/mol. The first kappa shape index (κ1) is 20.8. The fourth-order valence-electron chi connectivity index (χ4n) is 2.49. The molecule has 3 N–H and O–H groups in total. The van der Waals surface area contributed by atoms with Crippen LogP contribution >= 0.6 is 11.6 Å². The van der Waals surface area contributed by atoms with Gasteiger partial charge in [-0.1, -0.05) is 37.6 Å². The molecule has 0 aliphatic carbocycles. The Bertz CT molecular complexity index is 734. The molecule has 1 aromatic carbocycles. The Kier molecular flexibility index (Phi) is 8.13. The zero-order chi connectivity index (χ0) is 19.6. The number of para-hydroxylation sites is 1. The molecule has 0 saturated heterocycles. The Hall–Kier alpha value is -2.54. The minimum Gasteiger partial charge on any atom is -0.492 e. The molecular weight excluding hydrogens is 368 g/mol. The third-order valence-electron chi connectivity index (χ3n) is 3.76. The number of nitrogens with one attached hydrogen (secondary N) is 3. The number of nitrogens with zero attached hydrogens (tertiary/aromatic N) is 1. The van der Waals surface area contributed by atoms with Gasteiger partial charge in [0.1, 0.15) is 17.6 Å². The van der Waals surface area contributed by atoms with E-state index in [1.165, 1.54) is 0 Å². The maximum Gasteiger partial charge on any atom is 0.248 e. The second kappa shape index (κ2) is 10.6. The standard InChI is InChI=1S/C19H25ClN4O3/c1-13(2)12-15(19(26)23-17-9-10-21-24-17)22-18(25)8-5-11-27-16-7-4-3-6-14(16)20/h3-4,6-7,9-10,13,15H,5,8,11-12H2,1-2H3,(H,22,25)(H2,21,23,24,26). The highest BCUT2D eigenvalue weighted by atomic mass is 35.5. The Morgan fingerprint density at radius 2 is 2.04 bits per heavy atom. The quantitative estimate of drug-likeness (QED) is 0.540. The number of aromatic nitrogens is 2. The van der Waals surface area contributed by atoms with E-state index in [0.717, 1.165) is 0 Å². The van der Waals surface area contributed by atoms with Gasteiger partial charge >= 0.3 is 0 Å². The van der Waals surface area contributed by atoms with Crippen molar-refractivity contribution in [3.05, 3.63) is 41.6 Å². The van der Waals surface area contributed by atoms with Gasteiger partial charge < -0.3 is 15.4 Å². The average Bonchev–Trinajstić information content (AvgIpc) is 3.12. The van der Waals surface area contributed by atoms with Crippen molar-refractivity contribution in [3.63, 3.8) is 0 Å². The summed E-state index contributed by atoms with van der Waals surface area (Å²) >= 11 is 6.02. The largest absolute Gasteiger partial charge is 0.492 e. The SMILES string of the molecule is CC(C)CC(NC(=O)CCCOc1ccccc1Cl)C(=O)Nc1ccn[nH]1. The van der Waals surface area contributed by atoms with E-state index in [4.69, 9.17) is 16.3 Å². The Morgan fingerprint density at radius 1 is 1.26 bits per heavy atom. The first-order chi connectivity index (χ1) is 13.0. The van der Waals surface area contributed by atoms with E-state index in [1.54, 1.807) is 24.4 Å². The molecule has 1 unspecified atom stereocenters. The smallest absolute Gasteiger partial charge is 0.248 e. The zero-order valence-corrected chi connectivity index (χ0v) is 16.3. The number of rotatable bonds is 10.